The fourth-order valence-corrected chi connectivity index (χ4v) is 2.29. The zero-order valence-electron chi connectivity index (χ0n) is 11.5. The first-order valence-corrected chi connectivity index (χ1v) is 7.12. The van der Waals surface area contributed by atoms with Gasteiger partial charge in [-0.3, -0.25) is 0 Å². The number of aliphatic hydroxyl groups is 1. The minimum absolute atomic E-state index is 0.409. The molecule has 4 heteroatoms. The van der Waals surface area contributed by atoms with Crippen LogP contribution in [0.4, 0.5) is 0 Å². The third-order valence-electron chi connectivity index (χ3n) is 2.98. The summed E-state index contributed by atoms with van der Waals surface area (Å²) in [5, 5.41) is 9.57. The summed E-state index contributed by atoms with van der Waals surface area (Å²) < 4.78 is 12.1. The fraction of sp³-hybridized carbons (Fsp3) is 0.250. The van der Waals surface area contributed by atoms with Crippen molar-refractivity contribution in [2.75, 3.05) is 7.11 Å². The van der Waals surface area contributed by atoms with E-state index in [1.165, 1.54) is 0 Å². The van der Waals surface area contributed by atoms with E-state index >= 15 is 0 Å². The zero-order valence-corrected chi connectivity index (χ0v) is 13.1. The summed E-state index contributed by atoms with van der Waals surface area (Å²) in [4.78, 5) is 0. The Morgan fingerprint density at radius 3 is 2.70 bits per heavy atom. The largest absolute Gasteiger partial charge is 0.496 e. The quantitative estimate of drug-likeness (QED) is 0.893. The summed E-state index contributed by atoms with van der Waals surface area (Å²) >= 11 is 3.44. The summed E-state index contributed by atoms with van der Waals surface area (Å²) in [6.07, 6.45) is -0.501. The smallest absolute Gasteiger partial charge is 0.125 e. The number of hydrogen-bond acceptors (Lipinski definition) is 3. The molecule has 1 N–H and O–H groups in total. The van der Waals surface area contributed by atoms with Crippen molar-refractivity contribution < 1.29 is 14.6 Å². The van der Waals surface area contributed by atoms with Crippen molar-refractivity contribution >= 4 is 15.9 Å². The number of aliphatic hydroxyl groups excluding tert-OH is 1. The molecule has 0 fully saturated rings. The van der Waals surface area contributed by atoms with Gasteiger partial charge in [0.2, 0.25) is 0 Å². The average molecular weight is 337 g/mol. The molecule has 0 heterocycles. The van der Waals surface area contributed by atoms with Crippen molar-refractivity contribution in [3.05, 3.63) is 58.1 Å². The van der Waals surface area contributed by atoms with E-state index in [-0.39, 0.29) is 0 Å². The highest BCUT2D eigenvalue weighted by Gasteiger charge is 2.06. The highest BCUT2D eigenvalue weighted by atomic mass is 79.9. The van der Waals surface area contributed by atoms with Crippen LogP contribution < -0.4 is 9.47 Å². The molecule has 0 aliphatic carbocycles. The maximum absolute atomic E-state index is 9.57. The molecule has 0 aliphatic rings. The molecule has 0 saturated heterocycles. The normalized spacial score (nSPS) is 12.0. The molecule has 0 spiro atoms. The Balaban J connectivity index is 2.12. The van der Waals surface area contributed by atoms with E-state index in [9.17, 15) is 5.11 Å². The Labute approximate surface area is 127 Å². The lowest BCUT2D eigenvalue weighted by Crippen LogP contribution is -2.00. The van der Waals surface area contributed by atoms with Crippen molar-refractivity contribution in [1.82, 2.24) is 0 Å². The number of hydrogen-bond donors (Lipinski definition) is 1. The first-order chi connectivity index (χ1) is 9.60. The minimum atomic E-state index is -0.501. The molecular formula is C16H17BrO3. The summed E-state index contributed by atoms with van der Waals surface area (Å²) in [6, 6.07) is 13.3. The molecule has 2 aromatic rings. The van der Waals surface area contributed by atoms with Crippen molar-refractivity contribution in [3.63, 3.8) is 0 Å². The van der Waals surface area contributed by atoms with E-state index in [0.717, 1.165) is 27.1 Å². The van der Waals surface area contributed by atoms with Gasteiger partial charge in [-0.25, -0.2) is 0 Å². The van der Waals surface area contributed by atoms with Crippen LogP contribution in [0, 0.1) is 0 Å². The average Bonchev–Trinajstić information content (AvgIpc) is 2.45. The van der Waals surface area contributed by atoms with Gasteiger partial charge in [0.1, 0.15) is 18.1 Å². The maximum atomic E-state index is 9.57. The monoisotopic (exact) mass is 336 g/mol. The molecule has 0 aliphatic heterocycles. The highest BCUT2D eigenvalue weighted by Crippen LogP contribution is 2.25. The van der Waals surface area contributed by atoms with E-state index in [1.807, 2.05) is 42.5 Å². The lowest BCUT2D eigenvalue weighted by atomic mass is 10.1. The molecule has 0 bridgehead atoms. The molecule has 20 heavy (non-hydrogen) atoms. The Morgan fingerprint density at radius 1 is 1.20 bits per heavy atom. The lowest BCUT2D eigenvalue weighted by Gasteiger charge is -2.12. The first kappa shape index (κ1) is 14.9. The second-order valence-corrected chi connectivity index (χ2v) is 5.41. The second kappa shape index (κ2) is 6.77. The second-order valence-electron chi connectivity index (χ2n) is 4.49. The van der Waals surface area contributed by atoms with Crippen LogP contribution in [0.3, 0.4) is 0 Å². The van der Waals surface area contributed by atoms with Gasteiger partial charge < -0.3 is 14.6 Å². The van der Waals surface area contributed by atoms with Crippen LogP contribution in [0.15, 0.2) is 46.9 Å². The number of ether oxygens (including phenoxy) is 2. The topological polar surface area (TPSA) is 38.7 Å². The summed E-state index contributed by atoms with van der Waals surface area (Å²) in [5.74, 6) is 1.52. The van der Waals surface area contributed by atoms with E-state index in [0.29, 0.717) is 6.61 Å². The number of benzene rings is 2. The predicted octanol–water partition coefficient (Wildman–Crippen LogP) is 4.09. The van der Waals surface area contributed by atoms with Gasteiger partial charge in [-0.15, -0.1) is 0 Å². The summed E-state index contributed by atoms with van der Waals surface area (Å²) in [5.41, 5.74) is 1.80. The van der Waals surface area contributed by atoms with Crippen molar-refractivity contribution in [2.24, 2.45) is 0 Å². The molecule has 0 aromatic heterocycles. The van der Waals surface area contributed by atoms with Gasteiger partial charge in [-0.1, -0.05) is 28.1 Å². The Bertz CT molecular complexity index is 582. The van der Waals surface area contributed by atoms with Crippen LogP contribution in [0.5, 0.6) is 11.5 Å². The fourth-order valence-electron chi connectivity index (χ4n) is 1.89. The number of rotatable bonds is 5. The standard InChI is InChI=1S/C16H17BrO3/c1-11(18)12-4-3-5-15(9-12)20-10-13-8-14(17)6-7-16(13)19-2/h3-9,11,18H,10H2,1-2H3. The van der Waals surface area contributed by atoms with Crippen LogP contribution in [-0.4, -0.2) is 12.2 Å². The van der Waals surface area contributed by atoms with E-state index in [4.69, 9.17) is 9.47 Å². The van der Waals surface area contributed by atoms with Crippen molar-refractivity contribution in [3.8, 4) is 11.5 Å². The molecule has 2 aromatic carbocycles. The first-order valence-electron chi connectivity index (χ1n) is 6.33. The van der Waals surface area contributed by atoms with Gasteiger partial charge in [-0.05, 0) is 42.8 Å². The molecule has 3 nitrogen and oxygen atoms in total. The molecule has 0 radical (unpaired) electrons. The van der Waals surface area contributed by atoms with Gasteiger partial charge >= 0.3 is 0 Å². The van der Waals surface area contributed by atoms with Gasteiger partial charge in [0.05, 0.1) is 13.2 Å². The Kier molecular flexibility index (Phi) is 5.04. The Morgan fingerprint density at radius 2 is 2.00 bits per heavy atom. The van der Waals surface area contributed by atoms with Crippen LogP contribution in [0.1, 0.15) is 24.2 Å². The molecule has 0 amide bonds. The molecule has 2 rings (SSSR count). The molecule has 1 atom stereocenters. The van der Waals surface area contributed by atoms with Gasteiger partial charge in [0.25, 0.3) is 0 Å². The highest BCUT2D eigenvalue weighted by molar-refractivity contribution is 9.10. The third kappa shape index (κ3) is 3.74. The molecule has 0 saturated carbocycles. The SMILES string of the molecule is COc1ccc(Br)cc1COc1cccc(C(C)O)c1. The predicted molar refractivity (Wildman–Crippen MR) is 82.1 cm³/mol. The van der Waals surface area contributed by atoms with E-state index < -0.39 is 6.10 Å². The minimum Gasteiger partial charge on any atom is -0.496 e. The summed E-state index contributed by atoms with van der Waals surface area (Å²) in [7, 11) is 1.64. The van der Waals surface area contributed by atoms with Crippen LogP contribution in [-0.2, 0) is 6.61 Å². The van der Waals surface area contributed by atoms with Gasteiger partial charge in [0, 0.05) is 10.0 Å². The van der Waals surface area contributed by atoms with Gasteiger partial charge in [-0.2, -0.15) is 0 Å². The van der Waals surface area contributed by atoms with Crippen LogP contribution in [0.2, 0.25) is 0 Å². The van der Waals surface area contributed by atoms with Crippen molar-refractivity contribution in [2.45, 2.75) is 19.6 Å². The van der Waals surface area contributed by atoms with E-state index in [1.54, 1.807) is 14.0 Å². The molecule has 1 unspecified atom stereocenters. The van der Waals surface area contributed by atoms with Gasteiger partial charge in [0.15, 0.2) is 0 Å². The third-order valence-corrected chi connectivity index (χ3v) is 3.47. The van der Waals surface area contributed by atoms with E-state index in [2.05, 4.69) is 15.9 Å². The Hall–Kier alpha value is -1.52. The van der Waals surface area contributed by atoms with Crippen LogP contribution >= 0.6 is 15.9 Å². The van der Waals surface area contributed by atoms with Crippen LogP contribution in [0.25, 0.3) is 0 Å². The maximum Gasteiger partial charge on any atom is 0.125 e. The zero-order chi connectivity index (χ0) is 14.5. The molecule has 106 valence electrons. The lowest BCUT2D eigenvalue weighted by molar-refractivity contribution is 0.198. The number of halogens is 1. The number of methoxy groups -OCH3 is 1. The summed E-state index contributed by atoms with van der Waals surface area (Å²) in [6.45, 7) is 2.14. The molecular weight excluding hydrogens is 320 g/mol. The van der Waals surface area contributed by atoms with Crippen molar-refractivity contribution in [1.29, 1.82) is 0 Å².